The van der Waals surface area contributed by atoms with Gasteiger partial charge < -0.3 is 0 Å². The van der Waals surface area contributed by atoms with E-state index >= 15 is 0 Å². The first-order valence-electron chi connectivity index (χ1n) is 4.32. The van der Waals surface area contributed by atoms with Gasteiger partial charge in [-0.2, -0.15) is 0 Å². The van der Waals surface area contributed by atoms with Crippen LogP contribution in [-0.4, -0.2) is 36.8 Å². The molecule has 2 aliphatic rings. The van der Waals surface area contributed by atoms with Gasteiger partial charge >= 0.3 is 0 Å². The minimum atomic E-state index is -0.0115. The average molecular weight is 165 g/mol. The monoisotopic (exact) mass is 165 g/mol. The van der Waals surface area contributed by atoms with Crippen molar-refractivity contribution in [2.45, 2.75) is 12.1 Å². The van der Waals surface area contributed by atoms with E-state index in [0.717, 1.165) is 6.67 Å². The summed E-state index contributed by atoms with van der Waals surface area (Å²) >= 11 is 0. The summed E-state index contributed by atoms with van der Waals surface area (Å²) in [6, 6.07) is 0.825. The van der Waals surface area contributed by atoms with Gasteiger partial charge in [0.2, 0.25) is 0 Å². The lowest BCUT2D eigenvalue weighted by Gasteiger charge is -2.22. The van der Waals surface area contributed by atoms with Gasteiger partial charge in [0.1, 0.15) is 0 Å². The number of hydrogen-bond acceptors (Lipinski definition) is 2. The Balaban J connectivity index is 2.03. The third-order valence-electron chi connectivity index (χ3n) is 2.44. The highest BCUT2D eigenvalue weighted by Gasteiger charge is 2.30. The van der Waals surface area contributed by atoms with Crippen LogP contribution in [-0.2, 0) is 5.11 Å². The van der Waals surface area contributed by atoms with E-state index in [-0.39, 0.29) is 6.61 Å². The minimum absolute atomic E-state index is 0.0115. The second kappa shape index (κ2) is 3.39. The maximum atomic E-state index is 10.4. The van der Waals surface area contributed by atoms with Gasteiger partial charge in [-0.3, -0.25) is 10.2 Å². The number of allylic oxidation sites excluding steroid dienone is 2. The third-order valence-corrected chi connectivity index (χ3v) is 2.44. The van der Waals surface area contributed by atoms with Crippen LogP contribution in [0.25, 0.3) is 0 Å². The molecule has 0 bridgehead atoms. The first kappa shape index (κ1) is 7.98. The molecule has 0 amide bonds. The van der Waals surface area contributed by atoms with E-state index in [2.05, 4.69) is 28.4 Å². The zero-order chi connectivity index (χ0) is 8.39. The summed E-state index contributed by atoms with van der Waals surface area (Å²) in [6.07, 6.45) is 8.40. The Morgan fingerprint density at radius 2 is 2.25 bits per heavy atom. The summed E-state index contributed by atoms with van der Waals surface area (Å²) in [5, 5.41) is 13.8. The lowest BCUT2D eigenvalue weighted by molar-refractivity contribution is 0.141. The summed E-state index contributed by atoms with van der Waals surface area (Å²) in [5.41, 5.74) is 0. The maximum Gasteiger partial charge on any atom is 0.0950 e. The summed E-state index contributed by atoms with van der Waals surface area (Å²) < 4.78 is 0. The first-order valence-corrected chi connectivity index (χ1v) is 4.32. The van der Waals surface area contributed by atoms with E-state index in [4.69, 9.17) is 0 Å². The molecular weight excluding hydrogens is 152 g/mol. The summed E-state index contributed by atoms with van der Waals surface area (Å²) in [7, 11) is 0. The normalized spacial score (nSPS) is 34.1. The van der Waals surface area contributed by atoms with Gasteiger partial charge in [0.05, 0.1) is 6.61 Å². The van der Waals surface area contributed by atoms with Crippen molar-refractivity contribution in [2.75, 3.05) is 19.8 Å². The van der Waals surface area contributed by atoms with Gasteiger partial charge in [-0.25, -0.2) is 5.11 Å². The van der Waals surface area contributed by atoms with E-state index in [0.29, 0.717) is 18.6 Å². The molecule has 0 aromatic heterocycles. The van der Waals surface area contributed by atoms with Crippen LogP contribution in [0.15, 0.2) is 24.3 Å². The van der Waals surface area contributed by atoms with Crippen LogP contribution in [0, 0.1) is 0 Å². The molecule has 65 valence electrons. The topological polar surface area (TPSA) is 35.2 Å². The molecule has 1 fully saturated rings. The van der Waals surface area contributed by atoms with Gasteiger partial charge in [-0.1, -0.05) is 24.3 Å². The number of nitrogens with one attached hydrogen (secondary N) is 1. The van der Waals surface area contributed by atoms with E-state index < -0.39 is 0 Å². The fourth-order valence-electron chi connectivity index (χ4n) is 1.81. The van der Waals surface area contributed by atoms with Crippen molar-refractivity contribution in [3.8, 4) is 0 Å². The van der Waals surface area contributed by atoms with Crippen molar-refractivity contribution in [3.05, 3.63) is 24.3 Å². The second-order valence-electron chi connectivity index (χ2n) is 3.16. The Bertz CT molecular complexity index is 213. The second-order valence-corrected chi connectivity index (χ2v) is 3.16. The largest absolute Gasteiger partial charge is 0.296 e. The molecule has 1 aliphatic carbocycles. The van der Waals surface area contributed by atoms with Gasteiger partial charge in [0.25, 0.3) is 0 Å². The number of nitrogens with zero attached hydrogens (tertiary/aromatic N) is 1. The molecule has 2 unspecified atom stereocenters. The van der Waals surface area contributed by atoms with Crippen molar-refractivity contribution in [1.82, 2.24) is 10.2 Å². The van der Waals surface area contributed by atoms with E-state index in [1.54, 1.807) is 0 Å². The molecule has 2 rings (SSSR count). The average Bonchev–Trinajstić information content (AvgIpc) is 2.50. The Morgan fingerprint density at radius 3 is 3.08 bits per heavy atom. The van der Waals surface area contributed by atoms with Crippen molar-refractivity contribution >= 4 is 0 Å². The SMILES string of the molecule is [O]CCN1CNC2C=CC=CC21. The van der Waals surface area contributed by atoms with E-state index in [1.165, 1.54) is 0 Å². The molecule has 1 saturated heterocycles. The molecule has 3 nitrogen and oxygen atoms in total. The van der Waals surface area contributed by atoms with Crippen LogP contribution in [0.3, 0.4) is 0 Å². The molecule has 0 saturated carbocycles. The molecule has 1 N–H and O–H groups in total. The van der Waals surface area contributed by atoms with Gasteiger partial charge in [0.15, 0.2) is 0 Å². The van der Waals surface area contributed by atoms with Crippen LogP contribution in [0.5, 0.6) is 0 Å². The summed E-state index contributed by atoms with van der Waals surface area (Å²) in [4.78, 5) is 2.18. The van der Waals surface area contributed by atoms with Gasteiger partial charge in [-0.05, 0) is 0 Å². The van der Waals surface area contributed by atoms with E-state index in [9.17, 15) is 5.11 Å². The molecule has 1 aliphatic heterocycles. The lowest BCUT2D eigenvalue weighted by atomic mass is 10.0. The summed E-state index contributed by atoms with van der Waals surface area (Å²) in [5.74, 6) is 0. The lowest BCUT2D eigenvalue weighted by Crippen LogP contribution is -2.35. The first-order chi connectivity index (χ1) is 5.92. The number of fused-ring (bicyclic) bond motifs is 1. The smallest absolute Gasteiger partial charge is 0.0950 e. The standard InChI is InChI=1S/C9H13N2O/c12-6-5-11-7-10-8-3-1-2-4-9(8)11/h1-4,8-10H,5-7H2. The quantitative estimate of drug-likeness (QED) is 0.632. The Hall–Kier alpha value is -0.640. The van der Waals surface area contributed by atoms with Crippen molar-refractivity contribution in [3.63, 3.8) is 0 Å². The molecular formula is C9H13N2O. The van der Waals surface area contributed by atoms with Crippen LogP contribution in [0.1, 0.15) is 0 Å². The van der Waals surface area contributed by atoms with Crippen LogP contribution >= 0.6 is 0 Å². The predicted molar refractivity (Wildman–Crippen MR) is 46.1 cm³/mol. The fourth-order valence-corrected chi connectivity index (χ4v) is 1.81. The predicted octanol–water partition coefficient (Wildman–Crippen LogP) is 0.143. The van der Waals surface area contributed by atoms with Crippen molar-refractivity contribution in [1.29, 1.82) is 0 Å². The number of rotatable bonds is 2. The van der Waals surface area contributed by atoms with Crippen molar-refractivity contribution < 1.29 is 5.11 Å². The Kier molecular flexibility index (Phi) is 2.26. The highest BCUT2D eigenvalue weighted by Crippen LogP contribution is 2.16. The van der Waals surface area contributed by atoms with Crippen LogP contribution in [0.4, 0.5) is 0 Å². The van der Waals surface area contributed by atoms with Gasteiger partial charge in [-0.15, -0.1) is 0 Å². The zero-order valence-corrected chi connectivity index (χ0v) is 6.94. The third kappa shape index (κ3) is 1.31. The molecule has 0 spiro atoms. The van der Waals surface area contributed by atoms with E-state index in [1.807, 2.05) is 6.08 Å². The molecule has 3 heteroatoms. The molecule has 1 radical (unpaired) electrons. The molecule has 0 aromatic rings. The minimum Gasteiger partial charge on any atom is -0.296 e. The summed E-state index contributed by atoms with van der Waals surface area (Å²) in [6.45, 7) is 1.47. The number of hydrogen-bond donors (Lipinski definition) is 1. The maximum absolute atomic E-state index is 10.4. The molecule has 2 atom stereocenters. The van der Waals surface area contributed by atoms with Crippen LogP contribution < -0.4 is 5.32 Å². The molecule has 0 aromatic carbocycles. The Labute approximate surface area is 72.4 Å². The Morgan fingerprint density at radius 1 is 1.42 bits per heavy atom. The van der Waals surface area contributed by atoms with Crippen LogP contribution in [0.2, 0.25) is 0 Å². The zero-order valence-electron chi connectivity index (χ0n) is 6.94. The van der Waals surface area contributed by atoms with Crippen molar-refractivity contribution in [2.24, 2.45) is 0 Å². The highest BCUT2D eigenvalue weighted by atomic mass is 16.3. The fraction of sp³-hybridized carbons (Fsp3) is 0.556. The molecule has 12 heavy (non-hydrogen) atoms. The van der Waals surface area contributed by atoms with Gasteiger partial charge in [0, 0.05) is 25.3 Å². The highest BCUT2D eigenvalue weighted by molar-refractivity contribution is 5.22. The molecule has 1 heterocycles.